The van der Waals surface area contributed by atoms with Gasteiger partial charge in [0.2, 0.25) is 0 Å². The Labute approximate surface area is 197 Å². The Hall–Kier alpha value is -2.12. The average Bonchev–Trinajstić information content (AvgIpc) is 3.21. The maximum absolute atomic E-state index is 8.60. The Balaban J connectivity index is 1.47. The number of hydrogen-bond acceptors (Lipinski definition) is 6. The Kier molecular flexibility index (Phi) is 8.93. The van der Waals surface area contributed by atoms with E-state index in [-0.39, 0.29) is 12.2 Å². The molecule has 32 heavy (non-hydrogen) atoms. The quantitative estimate of drug-likeness (QED) is 0.234. The maximum atomic E-state index is 8.60. The Morgan fingerprint density at radius 1 is 1.09 bits per heavy atom. The zero-order valence-electron chi connectivity index (χ0n) is 19.7. The molecule has 2 unspecified atom stereocenters. The van der Waals surface area contributed by atoms with Gasteiger partial charge in [0.1, 0.15) is 6.17 Å². The molecule has 0 bridgehead atoms. The number of fused-ring (bicyclic) bond motifs is 1. The summed E-state index contributed by atoms with van der Waals surface area (Å²) in [5.74, 6) is 0. The first-order chi connectivity index (χ1) is 15.4. The predicted molar refractivity (Wildman–Crippen MR) is 137 cm³/mol. The van der Waals surface area contributed by atoms with Crippen LogP contribution in [0.4, 0.5) is 11.4 Å². The van der Waals surface area contributed by atoms with Crippen LogP contribution in [0.15, 0.2) is 36.4 Å². The molecule has 1 aliphatic heterocycles. The summed E-state index contributed by atoms with van der Waals surface area (Å²) in [6.45, 7) is 13.1. The number of hydrogen-bond donors (Lipinski definition) is 5. The standard InChI is InChI=1S/C25H37ClN6/c1-5-32(6-2)16-28-14-19-8-10-23-24(12-19)31-25(30-23)22(27)11-18(4)29-15-20-13-21(26)9-7-17(20)3/h7-10,12-13,18,25,27-31H,5-6,11,14-16H2,1-4H3. The zero-order valence-corrected chi connectivity index (χ0v) is 20.4. The molecule has 7 heteroatoms. The number of nitrogens with one attached hydrogen (secondary N) is 5. The molecule has 0 radical (unpaired) electrons. The number of benzene rings is 2. The van der Waals surface area contributed by atoms with E-state index in [1.165, 1.54) is 16.7 Å². The molecule has 0 aromatic heterocycles. The highest BCUT2D eigenvalue weighted by atomic mass is 35.5. The van der Waals surface area contributed by atoms with Gasteiger partial charge in [-0.2, -0.15) is 0 Å². The second kappa shape index (κ2) is 11.7. The summed E-state index contributed by atoms with van der Waals surface area (Å²) in [6.07, 6.45) is 0.498. The third-order valence-electron chi connectivity index (χ3n) is 6.07. The van der Waals surface area contributed by atoms with E-state index in [0.29, 0.717) is 12.1 Å². The van der Waals surface area contributed by atoms with Gasteiger partial charge in [-0.15, -0.1) is 0 Å². The highest BCUT2D eigenvalue weighted by Crippen LogP contribution is 2.30. The highest BCUT2D eigenvalue weighted by molar-refractivity contribution is 6.30. The second-order valence-electron chi connectivity index (χ2n) is 8.57. The van der Waals surface area contributed by atoms with Crippen LogP contribution in [-0.4, -0.2) is 42.6 Å². The Morgan fingerprint density at radius 2 is 1.84 bits per heavy atom. The largest absolute Gasteiger partial charge is 0.359 e. The summed E-state index contributed by atoms with van der Waals surface area (Å²) in [7, 11) is 0. The molecule has 2 aromatic carbocycles. The van der Waals surface area contributed by atoms with Gasteiger partial charge in [0, 0.05) is 37.2 Å². The summed E-state index contributed by atoms with van der Waals surface area (Å²) >= 11 is 6.13. The molecule has 1 heterocycles. The minimum Gasteiger partial charge on any atom is -0.359 e. The van der Waals surface area contributed by atoms with E-state index in [4.69, 9.17) is 17.0 Å². The van der Waals surface area contributed by atoms with Gasteiger partial charge >= 0.3 is 0 Å². The van der Waals surface area contributed by atoms with E-state index >= 15 is 0 Å². The number of aryl methyl sites for hydroxylation is 1. The van der Waals surface area contributed by atoms with Crippen molar-refractivity contribution in [2.45, 2.75) is 59.4 Å². The minimum absolute atomic E-state index is 0.166. The van der Waals surface area contributed by atoms with Gasteiger partial charge in [0.25, 0.3) is 0 Å². The molecule has 6 nitrogen and oxygen atoms in total. The van der Waals surface area contributed by atoms with Crippen molar-refractivity contribution in [1.29, 1.82) is 5.41 Å². The van der Waals surface area contributed by atoms with Crippen LogP contribution in [-0.2, 0) is 13.1 Å². The van der Waals surface area contributed by atoms with Crippen molar-refractivity contribution >= 4 is 28.7 Å². The van der Waals surface area contributed by atoms with Crippen LogP contribution in [0.25, 0.3) is 0 Å². The first-order valence-electron chi connectivity index (χ1n) is 11.5. The molecule has 174 valence electrons. The lowest BCUT2D eigenvalue weighted by molar-refractivity contribution is 0.278. The van der Waals surface area contributed by atoms with Crippen molar-refractivity contribution in [2.75, 3.05) is 30.4 Å². The SMILES string of the molecule is CCN(CC)CNCc1ccc2c(c1)NC(C(=N)CC(C)NCc1cc(Cl)ccc1C)N2. The van der Waals surface area contributed by atoms with Crippen molar-refractivity contribution in [3.63, 3.8) is 0 Å². The van der Waals surface area contributed by atoms with Crippen LogP contribution < -0.4 is 21.3 Å². The molecule has 0 amide bonds. The van der Waals surface area contributed by atoms with Gasteiger partial charge in [-0.1, -0.05) is 37.6 Å². The number of rotatable bonds is 12. The fraction of sp³-hybridized carbons (Fsp3) is 0.480. The molecule has 2 atom stereocenters. The molecule has 0 saturated carbocycles. The van der Waals surface area contributed by atoms with E-state index in [2.05, 4.69) is 72.1 Å². The minimum atomic E-state index is -0.166. The topological polar surface area (TPSA) is 75.2 Å². The summed E-state index contributed by atoms with van der Waals surface area (Å²) in [5, 5.41) is 23.3. The molecule has 5 N–H and O–H groups in total. The monoisotopic (exact) mass is 456 g/mol. The Morgan fingerprint density at radius 3 is 2.59 bits per heavy atom. The van der Waals surface area contributed by atoms with Gasteiger partial charge in [-0.3, -0.25) is 4.90 Å². The van der Waals surface area contributed by atoms with Crippen molar-refractivity contribution in [2.24, 2.45) is 0 Å². The molecular weight excluding hydrogens is 420 g/mol. The number of halogens is 1. The fourth-order valence-corrected chi connectivity index (χ4v) is 4.10. The summed E-state index contributed by atoms with van der Waals surface area (Å²) in [4.78, 5) is 2.35. The third kappa shape index (κ3) is 6.69. The van der Waals surface area contributed by atoms with Crippen LogP contribution in [0.1, 0.15) is 43.9 Å². The zero-order chi connectivity index (χ0) is 23.1. The predicted octanol–water partition coefficient (Wildman–Crippen LogP) is 4.79. The van der Waals surface area contributed by atoms with Gasteiger partial charge in [0.05, 0.1) is 17.1 Å². The molecule has 3 rings (SSSR count). The van der Waals surface area contributed by atoms with Crippen LogP contribution >= 0.6 is 11.6 Å². The highest BCUT2D eigenvalue weighted by Gasteiger charge is 2.24. The maximum Gasteiger partial charge on any atom is 0.136 e. The van der Waals surface area contributed by atoms with E-state index in [0.717, 1.165) is 49.2 Å². The fourth-order valence-electron chi connectivity index (χ4n) is 3.91. The van der Waals surface area contributed by atoms with E-state index in [9.17, 15) is 0 Å². The Bertz CT molecular complexity index is 911. The van der Waals surface area contributed by atoms with Crippen LogP contribution in [0.2, 0.25) is 5.02 Å². The summed E-state index contributed by atoms with van der Waals surface area (Å²) < 4.78 is 0. The van der Waals surface area contributed by atoms with Gasteiger partial charge in [-0.05, 0) is 67.9 Å². The van der Waals surface area contributed by atoms with Crippen molar-refractivity contribution in [3.05, 3.63) is 58.1 Å². The van der Waals surface area contributed by atoms with Crippen molar-refractivity contribution in [3.8, 4) is 0 Å². The first-order valence-corrected chi connectivity index (χ1v) is 11.9. The first kappa shape index (κ1) is 24.5. The van der Waals surface area contributed by atoms with Crippen LogP contribution in [0.3, 0.4) is 0 Å². The lowest BCUT2D eigenvalue weighted by Gasteiger charge is -2.19. The van der Waals surface area contributed by atoms with E-state index < -0.39 is 0 Å². The van der Waals surface area contributed by atoms with E-state index in [1.54, 1.807) is 0 Å². The molecule has 0 fully saturated rings. The van der Waals surface area contributed by atoms with E-state index in [1.807, 2.05) is 18.2 Å². The molecule has 0 aliphatic carbocycles. The average molecular weight is 457 g/mol. The van der Waals surface area contributed by atoms with Crippen molar-refractivity contribution in [1.82, 2.24) is 15.5 Å². The second-order valence-corrected chi connectivity index (χ2v) is 9.01. The normalized spacial score (nSPS) is 15.9. The summed E-state index contributed by atoms with van der Waals surface area (Å²) in [5.41, 5.74) is 6.43. The number of anilines is 2. The van der Waals surface area contributed by atoms with Gasteiger partial charge in [0.15, 0.2) is 0 Å². The van der Waals surface area contributed by atoms with Crippen LogP contribution in [0, 0.1) is 12.3 Å². The smallest absolute Gasteiger partial charge is 0.136 e. The molecule has 0 spiro atoms. The van der Waals surface area contributed by atoms with Crippen LogP contribution in [0.5, 0.6) is 0 Å². The summed E-state index contributed by atoms with van der Waals surface area (Å²) in [6, 6.07) is 12.6. The molecule has 2 aromatic rings. The third-order valence-corrected chi connectivity index (χ3v) is 6.30. The molecule has 1 aliphatic rings. The lowest BCUT2D eigenvalue weighted by atomic mass is 10.1. The number of nitrogens with zero attached hydrogens (tertiary/aromatic N) is 1. The molecular formula is C25H37ClN6. The van der Waals surface area contributed by atoms with Gasteiger partial charge in [-0.25, -0.2) is 0 Å². The van der Waals surface area contributed by atoms with Crippen molar-refractivity contribution < 1.29 is 0 Å². The van der Waals surface area contributed by atoms with Gasteiger partial charge < -0.3 is 26.7 Å². The molecule has 0 saturated heterocycles. The lowest BCUT2D eigenvalue weighted by Crippen LogP contribution is -2.37.